The molecule has 94 valence electrons. The average Bonchev–Trinajstić information content (AvgIpc) is 2.84. The van der Waals surface area contributed by atoms with Crippen molar-refractivity contribution < 1.29 is 19.8 Å². The fourth-order valence-electron chi connectivity index (χ4n) is 2.08. The monoisotopic (exact) mass is 255 g/mol. The van der Waals surface area contributed by atoms with E-state index in [-0.39, 0.29) is 5.70 Å². The molecule has 0 spiro atoms. The van der Waals surface area contributed by atoms with E-state index in [0.29, 0.717) is 0 Å². The van der Waals surface area contributed by atoms with Gasteiger partial charge in [-0.2, -0.15) is 0 Å². The second kappa shape index (κ2) is 3.84. The second-order valence-corrected chi connectivity index (χ2v) is 4.16. The van der Waals surface area contributed by atoms with Crippen LogP contribution < -0.4 is 0 Å². The van der Waals surface area contributed by atoms with Gasteiger partial charge in [0.05, 0.1) is 5.52 Å². The number of para-hydroxylation sites is 1. The molecule has 1 aliphatic rings. The van der Waals surface area contributed by atoms with E-state index in [9.17, 15) is 19.8 Å². The van der Waals surface area contributed by atoms with E-state index in [1.165, 1.54) is 4.57 Å². The van der Waals surface area contributed by atoms with Crippen LogP contribution >= 0.6 is 0 Å². The Morgan fingerprint density at radius 1 is 0.947 bits per heavy atom. The molecule has 2 N–H and O–H groups in total. The van der Waals surface area contributed by atoms with Gasteiger partial charge in [-0.3, -0.25) is 9.59 Å². The minimum absolute atomic E-state index is 0.0153. The highest BCUT2D eigenvalue weighted by atomic mass is 16.3. The number of carbonyl (C=O) groups is 2. The summed E-state index contributed by atoms with van der Waals surface area (Å²) in [6, 6.07) is 9.13. The van der Waals surface area contributed by atoms with Crippen molar-refractivity contribution in [3.63, 3.8) is 0 Å². The molecule has 1 aromatic heterocycles. The minimum Gasteiger partial charge on any atom is -0.501 e. The lowest BCUT2D eigenvalue weighted by Gasteiger charge is -2.13. The number of nitrogens with zero attached hydrogens (tertiary/aromatic N) is 1. The Bertz CT molecular complexity index is 780. The van der Waals surface area contributed by atoms with Crippen molar-refractivity contribution in [3.05, 3.63) is 54.1 Å². The highest BCUT2D eigenvalue weighted by Gasteiger charge is 2.29. The number of ketones is 2. The third-order valence-corrected chi connectivity index (χ3v) is 3.03. The van der Waals surface area contributed by atoms with Gasteiger partial charge in [0, 0.05) is 12.3 Å². The molecule has 3 rings (SSSR count). The summed E-state index contributed by atoms with van der Waals surface area (Å²) in [6.07, 6.45) is 2.65. The minimum atomic E-state index is -0.916. The number of aromatic nitrogens is 1. The number of rotatable bonds is 1. The largest absolute Gasteiger partial charge is 0.501 e. The third kappa shape index (κ3) is 1.55. The van der Waals surface area contributed by atoms with Crippen molar-refractivity contribution in [2.75, 3.05) is 0 Å². The maximum absolute atomic E-state index is 11.9. The van der Waals surface area contributed by atoms with Gasteiger partial charge >= 0.3 is 0 Å². The molecule has 0 unspecified atom stereocenters. The number of carbonyl (C=O) groups excluding carboxylic acids is 2. The van der Waals surface area contributed by atoms with Crippen molar-refractivity contribution in [2.45, 2.75) is 0 Å². The SMILES string of the molecule is O=C1C=C(n2ccc3ccccc32)C(=O)C(O)=C1O. The van der Waals surface area contributed by atoms with E-state index >= 15 is 0 Å². The van der Waals surface area contributed by atoms with E-state index in [2.05, 4.69) is 0 Å². The van der Waals surface area contributed by atoms with Crippen LogP contribution in [0, 0.1) is 0 Å². The van der Waals surface area contributed by atoms with E-state index in [0.717, 1.165) is 17.0 Å². The molecule has 5 heteroatoms. The number of Topliss-reactive ketones (excluding diaryl/α,β-unsaturated/α-hetero) is 1. The van der Waals surface area contributed by atoms with E-state index in [1.54, 1.807) is 18.3 Å². The third-order valence-electron chi connectivity index (χ3n) is 3.03. The van der Waals surface area contributed by atoms with Crippen LogP contribution in [0.3, 0.4) is 0 Å². The van der Waals surface area contributed by atoms with Crippen molar-refractivity contribution in [1.29, 1.82) is 0 Å². The number of hydrogen-bond acceptors (Lipinski definition) is 4. The van der Waals surface area contributed by atoms with Crippen molar-refractivity contribution >= 4 is 28.2 Å². The van der Waals surface area contributed by atoms with Gasteiger partial charge in [0.15, 0.2) is 0 Å². The highest BCUT2D eigenvalue weighted by molar-refractivity contribution is 6.33. The van der Waals surface area contributed by atoms with Gasteiger partial charge in [-0.05, 0) is 17.5 Å². The molecule has 0 atom stereocenters. The number of benzene rings is 1. The van der Waals surface area contributed by atoms with E-state index in [4.69, 9.17) is 0 Å². The fraction of sp³-hybridized carbons (Fsp3) is 0. The summed E-state index contributed by atoms with van der Waals surface area (Å²) in [6.45, 7) is 0. The first-order chi connectivity index (χ1) is 9.09. The van der Waals surface area contributed by atoms with Gasteiger partial charge in [0.25, 0.3) is 0 Å². The summed E-state index contributed by atoms with van der Waals surface area (Å²) in [5.74, 6) is -3.39. The molecule has 2 aromatic rings. The van der Waals surface area contributed by atoms with Gasteiger partial charge in [0.1, 0.15) is 5.70 Å². The van der Waals surface area contributed by atoms with Crippen molar-refractivity contribution in [1.82, 2.24) is 4.57 Å². The van der Waals surface area contributed by atoms with Crippen molar-refractivity contribution in [2.24, 2.45) is 0 Å². The van der Waals surface area contributed by atoms with Gasteiger partial charge < -0.3 is 14.8 Å². The van der Waals surface area contributed by atoms with Gasteiger partial charge in [-0.15, -0.1) is 0 Å². The molecule has 0 radical (unpaired) electrons. The van der Waals surface area contributed by atoms with Crippen LogP contribution in [0.25, 0.3) is 16.6 Å². The molecular weight excluding hydrogens is 246 g/mol. The summed E-state index contributed by atoms with van der Waals surface area (Å²) in [4.78, 5) is 23.4. The standard InChI is InChI=1S/C14H9NO4/c16-11-7-10(12(17)14(19)13(11)18)15-6-5-8-3-1-2-4-9(8)15/h1-7,18-19H. The molecule has 0 saturated heterocycles. The Balaban J connectivity index is 2.21. The van der Waals surface area contributed by atoms with Crippen LogP contribution in [-0.2, 0) is 9.59 Å². The van der Waals surface area contributed by atoms with Crippen LogP contribution in [0.15, 0.2) is 54.1 Å². The Morgan fingerprint density at radius 3 is 2.47 bits per heavy atom. The predicted molar refractivity (Wildman–Crippen MR) is 68.5 cm³/mol. The quantitative estimate of drug-likeness (QED) is 0.763. The molecule has 1 aliphatic carbocycles. The Morgan fingerprint density at radius 2 is 1.68 bits per heavy atom. The number of hydrogen-bond donors (Lipinski definition) is 2. The summed E-state index contributed by atoms with van der Waals surface area (Å²) >= 11 is 0. The molecule has 1 aromatic carbocycles. The first-order valence-corrected chi connectivity index (χ1v) is 5.59. The van der Waals surface area contributed by atoms with Gasteiger partial charge in [0.2, 0.25) is 23.1 Å². The molecule has 1 heterocycles. The summed E-state index contributed by atoms with van der Waals surface area (Å²) in [5, 5.41) is 19.6. The van der Waals surface area contributed by atoms with Crippen LogP contribution in [-0.4, -0.2) is 26.3 Å². The summed E-state index contributed by atoms with van der Waals surface area (Å²) in [7, 11) is 0. The van der Waals surface area contributed by atoms with Gasteiger partial charge in [-0.1, -0.05) is 18.2 Å². The van der Waals surface area contributed by atoms with Gasteiger partial charge in [-0.25, -0.2) is 0 Å². The molecule has 0 amide bonds. The molecule has 0 fully saturated rings. The Kier molecular flexibility index (Phi) is 2.28. The Hall–Kier alpha value is -2.82. The summed E-state index contributed by atoms with van der Waals surface area (Å²) < 4.78 is 1.51. The molecule has 0 bridgehead atoms. The zero-order valence-electron chi connectivity index (χ0n) is 9.70. The number of fused-ring (bicyclic) bond motifs is 1. The lowest BCUT2D eigenvalue weighted by atomic mass is 10.1. The highest BCUT2D eigenvalue weighted by Crippen LogP contribution is 2.24. The summed E-state index contributed by atoms with van der Waals surface area (Å²) in [5.41, 5.74) is 0.755. The van der Waals surface area contributed by atoms with E-state index in [1.807, 2.05) is 18.2 Å². The molecule has 19 heavy (non-hydrogen) atoms. The lowest BCUT2D eigenvalue weighted by Crippen LogP contribution is -2.21. The molecule has 0 saturated carbocycles. The van der Waals surface area contributed by atoms with Crippen LogP contribution in [0.1, 0.15) is 0 Å². The average molecular weight is 255 g/mol. The van der Waals surface area contributed by atoms with Crippen molar-refractivity contribution in [3.8, 4) is 0 Å². The molecule has 5 nitrogen and oxygen atoms in total. The van der Waals surface area contributed by atoms with Crippen LogP contribution in [0.2, 0.25) is 0 Å². The predicted octanol–water partition coefficient (Wildman–Crippen LogP) is 1.96. The number of aliphatic hydroxyl groups is 2. The smallest absolute Gasteiger partial charge is 0.248 e. The zero-order valence-corrected chi connectivity index (χ0v) is 9.70. The maximum atomic E-state index is 11.9. The number of allylic oxidation sites excluding steroid dienone is 2. The molecule has 0 aliphatic heterocycles. The van der Waals surface area contributed by atoms with Crippen LogP contribution in [0.5, 0.6) is 0 Å². The van der Waals surface area contributed by atoms with E-state index < -0.39 is 23.1 Å². The number of aliphatic hydroxyl groups excluding tert-OH is 2. The second-order valence-electron chi connectivity index (χ2n) is 4.16. The molecular formula is C14H9NO4. The normalized spacial score (nSPS) is 16.1. The zero-order chi connectivity index (χ0) is 13.6. The fourth-order valence-corrected chi connectivity index (χ4v) is 2.08. The lowest BCUT2D eigenvalue weighted by molar-refractivity contribution is -0.118. The first kappa shape index (κ1) is 11.3. The van der Waals surface area contributed by atoms with Crippen LogP contribution in [0.4, 0.5) is 0 Å². The Labute approximate surface area is 107 Å². The first-order valence-electron chi connectivity index (χ1n) is 5.59. The topological polar surface area (TPSA) is 79.5 Å². The maximum Gasteiger partial charge on any atom is 0.248 e.